The Kier molecular flexibility index (Phi) is 6.45. The molecule has 0 atom stereocenters. The highest BCUT2D eigenvalue weighted by Crippen LogP contribution is 2.35. The van der Waals surface area contributed by atoms with Crippen molar-refractivity contribution < 1.29 is 4.79 Å². The third-order valence-corrected chi connectivity index (χ3v) is 7.46. The van der Waals surface area contributed by atoms with Crippen molar-refractivity contribution in [1.29, 1.82) is 0 Å². The van der Waals surface area contributed by atoms with Crippen LogP contribution in [0.15, 0.2) is 72.9 Å². The average Bonchev–Trinajstić information content (AvgIpc) is 2.85. The second-order valence-corrected chi connectivity index (χ2v) is 9.76. The number of carbonyl (C=O) groups is 1. The second kappa shape index (κ2) is 9.64. The standard InChI is InChI=1S/C26H21Cl2N3OS/c27-23-10-7-18(15-22(23)25-20-6-2-1-5-17(20)11-12-29-25)30-26(32)21-9-8-19(16-24(21)28)31-13-3-4-14-33-31/h1-2,5-12,15-16H,3-4,13-14H2,(H,30,32). The van der Waals surface area contributed by atoms with E-state index in [0.29, 0.717) is 21.3 Å². The first-order valence-corrected chi connectivity index (χ1v) is 12.4. The maximum Gasteiger partial charge on any atom is 0.257 e. The van der Waals surface area contributed by atoms with E-state index < -0.39 is 0 Å². The van der Waals surface area contributed by atoms with Crippen molar-refractivity contribution in [3.63, 3.8) is 0 Å². The van der Waals surface area contributed by atoms with Crippen LogP contribution in [0.5, 0.6) is 0 Å². The van der Waals surface area contributed by atoms with E-state index in [-0.39, 0.29) is 5.91 Å². The van der Waals surface area contributed by atoms with Crippen LogP contribution in [-0.4, -0.2) is 23.2 Å². The van der Waals surface area contributed by atoms with Gasteiger partial charge in [-0.15, -0.1) is 0 Å². The molecular weight excluding hydrogens is 473 g/mol. The van der Waals surface area contributed by atoms with Crippen molar-refractivity contribution in [3.8, 4) is 11.3 Å². The SMILES string of the molecule is O=C(Nc1ccc(Cl)c(-c2nccc3ccccc23)c1)c1ccc(N2CCCCS2)cc1Cl. The lowest BCUT2D eigenvalue weighted by Gasteiger charge is -2.27. The van der Waals surface area contributed by atoms with Crippen LogP contribution in [0, 0.1) is 0 Å². The van der Waals surface area contributed by atoms with Crippen molar-refractivity contribution in [2.45, 2.75) is 12.8 Å². The van der Waals surface area contributed by atoms with Gasteiger partial charge in [-0.05, 0) is 72.6 Å². The molecule has 166 valence electrons. The summed E-state index contributed by atoms with van der Waals surface area (Å²) in [7, 11) is 0. The number of halogens is 2. The van der Waals surface area contributed by atoms with Gasteiger partial charge in [-0.3, -0.25) is 9.78 Å². The van der Waals surface area contributed by atoms with Gasteiger partial charge in [0.25, 0.3) is 5.91 Å². The summed E-state index contributed by atoms with van der Waals surface area (Å²) in [4.78, 5) is 17.6. The first-order chi connectivity index (χ1) is 16.1. The Labute approximate surface area is 207 Å². The number of fused-ring (bicyclic) bond motifs is 1. The molecule has 1 fully saturated rings. The number of nitrogens with one attached hydrogen (secondary N) is 1. The molecule has 0 radical (unpaired) electrons. The molecule has 7 heteroatoms. The molecule has 5 rings (SSSR count). The van der Waals surface area contributed by atoms with E-state index in [1.54, 1.807) is 36.3 Å². The summed E-state index contributed by atoms with van der Waals surface area (Å²) in [6.07, 6.45) is 4.16. The number of nitrogens with zero attached hydrogens (tertiary/aromatic N) is 2. The molecule has 1 aromatic heterocycles. The first-order valence-electron chi connectivity index (χ1n) is 10.8. The molecule has 0 unspecified atom stereocenters. The van der Waals surface area contributed by atoms with Crippen molar-refractivity contribution in [3.05, 3.63) is 88.5 Å². The van der Waals surface area contributed by atoms with E-state index in [9.17, 15) is 4.79 Å². The number of hydrogen-bond acceptors (Lipinski definition) is 4. The lowest BCUT2D eigenvalue weighted by atomic mass is 10.0. The maximum atomic E-state index is 13.0. The number of hydrogen-bond donors (Lipinski definition) is 1. The fourth-order valence-corrected chi connectivity index (χ4v) is 5.50. The van der Waals surface area contributed by atoms with E-state index in [1.807, 2.05) is 48.5 Å². The van der Waals surface area contributed by atoms with Gasteiger partial charge in [0.1, 0.15) is 0 Å². The maximum absolute atomic E-state index is 13.0. The number of benzene rings is 3. The van der Waals surface area contributed by atoms with Gasteiger partial charge in [0.15, 0.2) is 0 Å². The molecule has 1 amide bonds. The summed E-state index contributed by atoms with van der Waals surface area (Å²) < 4.78 is 2.24. The molecule has 3 aromatic carbocycles. The monoisotopic (exact) mass is 493 g/mol. The molecule has 33 heavy (non-hydrogen) atoms. The lowest BCUT2D eigenvalue weighted by Crippen LogP contribution is -2.21. The number of rotatable bonds is 4. The highest BCUT2D eigenvalue weighted by molar-refractivity contribution is 8.00. The third kappa shape index (κ3) is 4.67. The molecule has 1 aliphatic rings. The number of anilines is 2. The molecule has 1 aliphatic heterocycles. The van der Waals surface area contributed by atoms with Crippen LogP contribution in [0.3, 0.4) is 0 Å². The normalized spacial score (nSPS) is 13.8. The fraction of sp³-hybridized carbons (Fsp3) is 0.154. The smallest absolute Gasteiger partial charge is 0.257 e. The van der Waals surface area contributed by atoms with Crippen LogP contribution < -0.4 is 9.62 Å². The second-order valence-electron chi connectivity index (χ2n) is 7.84. The van der Waals surface area contributed by atoms with Crippen LogP contribution in [-0.2, 0) is 0 Å². The van der Waals surface area contributed by atoms with Gasteiger partial charge in [0.05, 0.1) is 21.3 Å². The Balaban J connectivity index is 1.41. The Morgan fingerprint density at radius 3 is 2.67 bits per heavy atom. The van der Waals surface area contributed by atoms with E-state index in [2.05, 4.69) is 14.6 Å². The molecular formula is C26H21Cl2N3OS. The summed E-state index contributed by atoms with van der Waals surface area (Å²) in [6.45, 7) is 0.988. The summed E-state index contributed by atoms with van der Waals surface area (Å²) >= 11 is 14.8. The Hall–Kier alpha value is -2.73. The number of amides is 1. The van der Waals surface area contributed by atoms with Gasteiger partial charge in [-0.1, -0.05) is 47.5 Å². The van der Waals surface area contributed by atoms with E-state index >= 15 is 0 Å². The van der Waals surface area contributed by atoms with E-state index in [4.69, 9.17) is 23.2 Å². The lowest BCUT2D eigenvalue weighted by molar-refractivity contribution is 0.102. The van der Waals surface area contributed by atoms with Crippen molar-refractivity contribution in [2.75, 3.05) is 21.9 Å². The predicted molar refractivity (Wildman–Crippen MR) is 141 cm³/mol. The molecule has 1 N–H and O–H groups in total. The highest BCUT2D eigenvalue weighted by atomic mass is 35.5. The van der Waals surface area contributed by atoms with Crippen LogP contribution in [0.4, 0.5) is 11.4 Å². The summed E-state index contributed by atoms with van der Waals surface area (Å²) in [5, 5.41) is 6.03. The zero-order valence-corrected chi connectivity index (χ0v) is 20.1. The van der Waals surface area contributed by atoms with Crippen LogP contribution in [0.25, 0.3) is 22.0 Å². The zero-order chi connectivity index (χ0) is 22.8. The zero-order valence-electron chi connectivity index (χ0n) is 17.7. The van der Waals surface area contributed by atoms with Crippen molar-refractivity contribution in [1.82, 2.24) is 4.98 Å². The van der Waals surface area contributed by atoms with Crippen LogP contribution in [0.2, 0.25) is 10.0 Å². The van der Waals surface area contributed by atoms with E-state index in [1.165, 1.54) is 6.42 Å². The fourth-order valence-electron chi connectivity index (χ4n) is 3.96. The molecule has 0 bridgehead atoms. The van der Waals surface area contributed by atoms with Gasteiger partial charge in [-0.2, -0.15) is 0 Å². The Morgan fingerprint density at radius 2 is 1.85 bits per heavy atom. The largest absolute Gasteiger partial charge is 0.322 e. The van der Waals surface area contributed by atoms with Gasteiger partial charge in [-0.25, -0.2) is 0 Å². The Bertz CT molecular complexity index is 1330. The molecule has 2 heterocycles. The molecule has 0 spiro atoms. The summed E-state index contributed by atoms with van der Waals surface area (Å²) in [5.41, 5.74) is 3.62. The van der Waals surface area contributed by atoms with Gasteiger partial charge in [0, 0.05) is 40.8 Å². The van der Waals surface area contributed by atoms with Crippen LogP contribution >= 0.6 is 35.1 Å². The first kappa shape index (κ1) is 22.1. The number of carbonyl (C=O) groups excluding carboxylic acids is 1. The quantitative estimate of drug-likeness (QED) is 0.295. The predicted octanol–water partition coefficient (Wildman–Crippen LogP) is 7.71. The Morgan fingerprint density at radius 1 is 0.970 bits per heavy atom. The minimum atomic E-state index is -0.267. The molecule has 4 aromatic rings. The summed E-state index contributed by atoms with van der Waals surface area (Å²) in [6, 6.07) is 21.0. The molecule has 1 saturated heterocycles. The van der Waals surface area contributed by atoms with Crippen LogP contribution in [0.1, 0.15) is 23.2 Å². The topological polar surface area (TPSA) is 45.2 Å². The van der Waals surface area contributed by atoms with E-state index in [0.717, 1.165) is 46.4 Å². The number of pyridine rings is 1. The third-order valence-electron chi connectivity index (χ3n) is 5.64. The molecule has 0 aliphatic carbocycles. The highest BCUT2D eigenvalue weighted by Gasteiger charge is 2.17. The summed E-state index contributed by atoms with van der Waals surface area (Å²) in [5.74, 6) is 0.835. The minimum Gasteiger partial charge on any atom is -0.322 e. The van der Waals surface area contributed by atoms with Crippen molar-refractivity contribution >= 4 is 63.2 Å². The van der Waals surface area contributed by atoms with Gasteiger partial charge < -0.3 is 9.62 Å². The molecule has 4 nitrogen and oxygen atoms in total. The van der Waals surface area contributed by atoms with Crippen molar-refractivity contribution in [2.24, 2.45) is 0 Å². The van der Waals surface area contributed by atoms with Gasteiger partial charge in [0.2, 0.25) is 0 Å². The van der Waals surface area contributed by atoms with Gasteiger partial charge >= 0.3 is 0 Å². The minimum absolute atomic E-state index is 0.267. The average molecular weight is 494 g/mol. The number of aromatic nitrogens is 1. The molecule has 0 saturated carbocycles.